The molecule has 0 saturated carbocycles. The van der Waals surface area contributed by atoms with Crippen molar-refractivity contribution in [3.63, 3.8) is 0 Å². The maximum atomic E-state index is 13.6. The molecule has 10 heteroatoms. The highest BCUT2D eigenvalue weighted by molar-refractivity contribution is 7.49. The predicted octanol–water partition coefficient (Wildman–Crippen LogP) is 4.66. The van der Waals surface area contributed by atoms with E-state index in [1.807, 2.05) is 13.8 Å². The summed E-state index contributed by atoms with van der Waals surface area (Å²) in [7, 11) is -1.92. The Labute approximate surface area is 149 Å². The molecule has 0 aliphatic carbocycles. The molecule has 2 atom stereocenters. The van der Waals surface area contributed by atoms with E-state index >= 15 is 0 Å². The smallest absolute Gasteiger partial charge is 0.323 e. The monoisotopic (exact) mass is 401 g/mol. The van der Waals surface area contributed by atoms with Crippen LogP contribution in [0.1, 0.15) is 33.6 Å². The zero-order valence-corrected chi connectivity index (χ0v) is 15.7. The van der Waals surface area contributed by atoms with Crippen molar-refractivity contribution in [2.75, 3.05) is 13.3 Å². The molecule has 1 rings (SSSR count). The Bertz CT molecular complexity index is 614. The number of nitrogens with one attached hydrogen (secondary N) is 1. The first-order chi connectivity index (χ1) is 12.1. The fraction of sp³-hybridized carbons (Fsp3) is 0.562. The number of hydrogen-bond donors (Lipinski definition) is 1. The molecule has 0 radical (unpaired) electrons. The second-order valence-corrected chi connectivity index (χ2v) is 7.09. The van der Waals surface area contributed by atoms with E-state index in [1.54, 1.807) is 0 Å². The van der Waals surface area contributed by atoms with Crippen molar-refractivity contribution in [2.24, 2.45) is 5.92 Å². The van der Waals surface area contributed by atoms with Gasteiger partial charge in [0.2, 0.25) is 34.8 Å². The van der Waals surface area contributed by atoms with Gasteiger partial charge in [-0.3, -0.25) is 9.88 Å². The number of carbonyl (C=O) groups is 1. The average Bonchev–Trinajstić information content (AvgIpc) is 2.62. The lowest BCUT2D eigenvalue weighted by Gasteiger charge is -2.21. The Balaban J connectivity index is 2.72. The zero-order valence-electron chi connectivity index (χ0n) is 14.8. The standard InChI is InChI=1S/C16H21F5NO3P/c1-5-9(6-2)7-24-16(23)8(3)22-26(4)25-15-13(20)11(18)10(17)12(19)14(15)21/h8-9,22H,5-7H2,1-4H3/t8-,26?/m0/s1. The Morgan fingerprint density at radius 1 is 1.00 bits per heavy atom. The van der Waals surface area contributed by atoms with Gasteiger partial charge in [0.25, 0.3) is 0 Å². The van der Waals surface area contributed by atoms with Crippen molar-refractivity contribution < 1.29 is 36.0 Å². The summed E-state index contributed by atoms with van der Waals surface area (Å²) in [6, 6.07) is -0.887. The summed E-state index contributed by atoms with van der Waals surface area (Å²) in [6.07, 6.45) is 1.69. The molecular weight excluding hydrogens is 380 g/mol. The molecule has 26 heavy (non-hydrogen) atoms. The lowest BCUT2D eigenvalue weighted by atomic mass is 10.1. The molecule has 1 aromatic carbocycles. The second-order valence-electron chi connectivity index (χ2n) is 5.65. The third kappa shape index (κ3) is 5.51. The van der Waals surface area contributed by atoms with Crippen molar-refractivity contribution in [1.82, 2.24) is 5.09 Å². The van der Waals surface area contributed by atoms with Crippen LogP contribution in [0.4, 0.5) is 22.0 Å². The molecule has 0 heterocycles. The number of hydrogen-bond acceptors (Lipinski definition) is 4. The van der Waals surface area contributed by atoms with Gasteiger partial charge in [-0.2, -0.15) is 8.78 Å². The van der Waals surface area contributed by atoms with Gasteiger partial charge in [-0.25, -0.2) is 13.2 Å². The van der Waals surface area contributed by atoms with E-state index < -0.39 is 55.1 Å². The molecule has 0 aliphatic rings. The average molecular weight is 401 g/mol. The van der Waals surface area contributed by atoms with Gasteiger partial charge in [-0.15, -0.1) is 0 Å². The number of halogens is 5. The lowest BCUT2D eigenvalue weighted by Crippen LogP contribution is -2.33. The van der Waals surface area contributed by atoms with Gasteiger partial charge < -0.3 is 9.26 Å². The molecule has 0 spiro atoms. The Morgan fingerprint density at radius 2 is 1.46 bits per heavy atom. The molecule has 0 bridgehead atoms. The predicted molar refractivity (Wildman–Crippen MR) is 87.3 cm³/mol. The van der Waals surface area contributed by atoms with Crippen LogP contribution in [0.2, 0.25) is 0 Å². The van der Waals surface area contributed by atoms with E-state index in [-0.39, 0.29) is 12.5 Å². The minimum absolute atomic E-state index is 0.221. The number of benzene rings is 1. The molecular formula is C16H21F5NO3P. The molecule has 0 amide bonds. The third-order valence-electron chi connectivity index (χ3n) is 3.74. The van der Waals surface area contributed by atoms with Crippen molar-refractivity contribution in [3.8, 4) is 5.75 Å². The molecule has 148 valence electrons. The molecule has 4 nitrogen and oxygen atoms in total. The summed E-state index contributed by atoms with van der Waals surface area (Å²) in [5.74, 6) is -12.4. The molecule has 0 aromatic heterocycles. The van der Waals surface area contributed by atoms with Crippen molar-refractivity contribution in [3.05, 3.63) is 29.1 Å². The normalized spacial score (nSPS) is 13.6. The first-order valence-electron chi connectivity index (χ1n) is 7.99. The van der Waals surface area contributed by atoms with E-state index in [9.17, 15) is 26.7 Å². The maximum absolute atomic E-state index is 13.6. The van der Waals surface area contributed by atoms with Crippen LogP contribution in [-0.2, 0) is 9.53 Å². The van der Waals surface area contributed by atoms with E-state index in [2.05, 4.69) is 5.09 Å². The summed E-state index contributed by atoms with van der Waals surface area (Å²) in [5, 5.41) is 2.59. The van der Waals surface area contributed by atoms with Gasteiger partial charge in [0.1, 0.15) is 6.04 Å². The van der Waals surface area contributed by atoms with E-state index in [0.29, 0.717) is 0 Å². The van der Waals surface area contributed by atoms with Gasteiger partial charge in [0.05, 0.1) is 6.61 Å². The van der Waals surface area contributed by atoms with Crippen LogP contribution >= 0.6 is 8.30 Å². The fourth-order valence-corrected chi connectivity index (χ4v) is 3.14. The Morgan fingerprint density at radius 3 is 1.92 bits per heavy atom. The van der Waals surface area contributed by atoms with Crippen molar-refractivity contribution in [1.29, 1.82) is 0 Å². The molecule has 1 unspecified atom stereocenters. The largest absolute Gasteiger partial charge is 0.464 e. The lowest BCUT2D eigenvalue weighted by molar-refractivity contribution is -0.146. The minimum atomic E-state index is -2.26. The molecule has 0 aliphatic heterocycles. The van der Waals surface area contributed by atoms with Gasteiger partial charge in [0.15, 0.2) is 8.30 Å². The first-order valence-corrected chi connectivity index (χ1v) is 9.70. The van der Waals surface area contributed by atoms with Crippen LogP contribution in [0, 0.1) is 35.0 Å². The zero-order chi connectivity index (χ0) is 20.0. The Kier molecular flexibility index (Phi) is 8.70. The quantitative estimate of drug-likeness (QED) is 0.215. The SMILES string of the molecule is CCC(CC)COC(=O)[C@H](C)NP(C)Oc1c(F)c(F)c(F)c(F)c1F. The van der Waals surface area contributed by atoms with Crippen LogP contribution in [0.15, 0.2) is 0 Å². The number of ether oxygens (including phenoxy) is 1. The molecule has 0 saturated heterocycles. The molecule has 1 N–H and O–H groups in total. The van der Waals surface area contributed by atoms with E-state index in [1.165, 1.54) is 13.6 Å². The summed E-state index contributed by atoms with van der Waals surface area (Å²) in [4.78, 5) is 11.9. The van der Waals surface area contributed by atoms with Gasteiger partial charge in [-0.1, -0.05) is 26.7 Å². The minimum Gasteiger partial charge on any atom is -0.464 e. The molecule has 0 fully saturated rings. The highest BCUT2D eigenvalue weighted by atomic mass is 31.2. The summed E-state index contributed by atoms with van der Waals surface area (Å²) in [6.45, 7) is 6.92. The van der Waals surface area contributed by atoms with Gasteiger partial charge in [-0.05, 0) is 12.8 Å². The van der Waals surface area contributed by atoms with Crippen LogP contribution in [-0.4, -0.2) is 25.3 Å². The maximum Gasteiger partial charge on any atom is 0.323 e. The highest BCUT2D eigenvalue weighted by Crippen LogP contribution is 2.37. The van der Waals surface area contributed by atoms with Crippen LogP contribution in [0.3, 0.4) is 0 Å². The van der Waals surface area contributed by atoms with Crippen molar-refractivity contribution in [2.45, 2.75) is 39.7 Å². The summed E-state index contributed by atoms with van der Waals surface area (Å²) >= 11 is 0. The van der Waals surface area contributed by atoms with Crippen LogP contribution < -0.4 is 9.61 Å². The fourth-order valence-electron chi connectivity index (χ4n) is 2.00. The highest BCUT2D eigenvalue weighted by Gasteiger charge is 2.29. The van der Waals surface area contributed by atoms with Crippen LogP contribution in [0.5, 0.6) is 5.75 Å². The third-order valence-corrected chi connectivity index (χ3v) is 4.95. The Hall–Kier alpha value is -1.47. The van der Waals surface area contributed by atoms with E-state index in [4.69, 9.17) is 9.26 Å². The first kappa shape index (κ1) is 22.6. The number of esters is 1. The van der Waals surface area contributed by atoms with E-state index in [0.717, 1.165) is 12.8 Å². The number of rotatable bonds is 9. The topological polar surface area (TPSA) is 47.6 Å². The summed E-state index contributed by atoms with van der Waals surface area (Å²) in [5.41, 5.74) is 0. The van der Waals surface area contributed by atoms with Gasteiger partial charge >= 0.3 is 5.97 Å². The van der Waals surface area contributed by atoms with Gasteiger partial charge in [0, 0.05) is 6.66 Å². The number of carbonyl (C=O) groups excluding carboxylic acids is 1. The van der Waals surface area contributed by atoms with Crippen molar-refractivity contribution >= 4 is 14.3 Å². The van der Waals surface area contributed by atoms with Crippen LogP contribution in [0.25, 0.3) is 0 Å². The summed E-state index contributed by atoms with van der Waals surface area (Å²) < 4.78 is 76.5. The molecule has 1 aromatic rings. The second kappa shape index (κ2) is 10.0.